The van der Waals surface area contributed by atoms with Crippen LogP contribution in [0.3, 0.4) is 0 Å². The van der Waals surface area contributed by atoms with Gasteiger partial charge in [-0.05, 0) is 18.6 Å². The third-order valence-electron chi connectivity index (χ3n) is 1.92. The molecule has 88 valence electrons. The molecule has 1 heterocycles. The maximum atomic E-state index is 11.3. The first-order valence-corrected chi connectivity index (χ1v) is 5.66. The van der Waals surface area contributed by atoms with Crippen LogP contribution >= 0.6 is 11.6 Å². The molecule has 0 saturated carbocycles. The first-order chi connectivity index (χ1) is 7.74. The van der Waals surface area contributed by atoms with Crippen LogP contribution < -0.4 is 5.32 Å². The smallest absolute Gasteiger partial charge is 0.408 e. The van der Waals surface area contributed by atoms with Crippen LogP contribution in [0.5, 0.6) is 0 Å². The average Bonchev–Trinajstić information content (AvgIpc) is 2.30. The molecular weight excluding hydrogens is 228 g/mol. The van der Waals surface area contributed by atoms with Gasteiger partial charge in [0, 0.05) is 6.20 Å². The molecule has 1 aromatic heterocycles. The third kappa shape index (κ3) is 4.49. The van der Waals surface area contributed by atoms with Gasteiger partial charge in [-0.25, -0.2) is 4.79 Å². The molecule has 0 radical (unpaired) electrons. The van der Waals surface area contributed by atoms with Gasteiger partial charge in [0.25, 0.3) is 0 Å². The van der Waals surface area contributed by atoms with Gasteiger partial charge in [0.15, 0.2) is 0 Å². The van der Waals surface area contributed by atoms with E-state index in [0.29, 0.717) is 12.3 Å². The zero-order valence-corrected chi connectivity index (χ0v) is 9.91. The number of pyridine rings is 1. The second-order valence-electron chi connectivity index (χ2n) is 3.25. The maximum absolute atomic E-state index is 11.3. The van der Waals surface area contributed by atoms with E-state index < -0.39 is 11.6 Å². The van der Waals surface area contributed by atoms with Gasteiger partial charge in [-0.3, -0.25) is 10.3 Å². The van der Waals surface area contributed by atoms with E-state index in [4.69, 9.17) is 16.3 Å². The molecule has 0 fully saturated rings. The number of hydrogen-bond acceptors (Lipinski definition) is 3. The predicted octanol–water partition coefficient (Wildman–Crippen LogP) is 2.85. The number of ether oxygens (including phenoxy) is 1. The van der Waals surface area contributed by atoms with Crippen molar-refractivity contribution in [2.24, 2.45) is 0 Å². The van der Waals surface area contributed by atoms with E-state index >= 15 is 0 Å². The average molecular weight is 243 g/mol. The van der Waals surface area contributed by atoms with Gasteiger partial charge < -0.3 is 4.74 Å². The first-order valence-electron chi connectivity index (χ1n) is 5.22. The molecule has 0 aliphatic rings. The Bertz CT molecular complexity index is 319. The third-order valence-corrected chi connectivity index (χ3v) is 2.26. The Kier molecular flexibility index (Phi) is 5.64. The lowest BCUT2D eigenvalue weighted by molar-refractivity contribution is 0.143. The standard InChI is InChI=1S/C11H15ClN2O2/c1-2-3-8-16-11(15)14-10(12)9-6-4-5-7-13-9/h4-7,10H,2-3,8H2,1H3,(H,14,15). The number of nitrogens with zero attached hydrogens (tertiary/aromatic N) is 1. The highest BCUT2D eigenvalue weighted by atomic mass is 35.5. The summed E-state index contributed by atoms with van der Waals surface area (Å²) in [6.45, 7) is 2.44. The van der Waals surface area contributed by atoms with Crippen molar-refractivity contribution in [2.75, 3.05) is 6.61 Å². The Hall–Kier alpha value is -1.29. The van der Waals surface area contributed by atoms with Crippen molar-refractivity contribution >= 4 is 17.7 Å². The quantitative estimate of drug-likeness (QED) is 0.491. The van der Waals surface area contributed by atoms with E-state index in [1.54, 1.807) is 18.3 Å². The molecule has 1 amide bonds. The Morgan fingerprint density at radius 1 is 1.62 bits per heavy atom. The van der Waals surface area contributed by atoms with E-state index in [-0.39, 0.29) is 0 Å². The summed E-state index contributed by atoms with van der Waals surface area (Å²) in [5.41, 5.74) is -0.0630. The van der Waals surface area contributed by atoms with Crippen LogP contribution in [0.25, 0.3) is 0 Å². The molecule has 0 aliphatic carbocycles. The predicted molar refractivity (Wildman–Crippen MR) is 62.2 cm³/mol. The fourth-order valence-electron chi connectivity index (χ4n) is 1.05. The lowest BCUT2D eigenvalue weighted by atomic mass is 10.3. The van der Waals surface area contributed by atoms with Crippen LogP contribution in [0.1, 0.15) is 31.0 Å². The van der Waals surface area contributed by atoms with Crippen molar-refractivity contribution in [1.29, 1.82) is 0 Å². The number of amides is 1. The molecule has 0 aliphatic heterocycles. The monoisotopic (exact) mass is 242 g/mol. The number of alkyl halides is 1. The van der Waals surface area contributed by atoms with Crippen LogP contribution in [0, 0.1) is 0 Å². The van der Waals surface area contributed by atoms with Gasteiger partial charge in [0.05, 0.1) is 12.3 Å². The molecule has 4 nitrogen and oxygen atoms in total. The number of alkyl carbamates (subject to hydrolysis) is 1. The highest BCUT2D eigenvalue weighted by Gasteiger charge is 2.12. The highest BCUT2D eigenvalue weighted by Crippen LogP contribution is 2.13. The Balaban J connectivity index is 2.34. The molecule has 0 saturated heterocycles. The summed E-state index contributed by atoms with van der Waals surface area (Å²) in [7, 11) is 0. The number of halogens is 1. The fourth-order valence-corrected chi connectivity index (χ4v) is 1.27. The number of nitrogens with one attached hydrogen (secondary N) is 1. The summed E-state index contributed by atoms with van der Waals surface area (Å²) in [6.07, 6.45) is 2.94. The summed E-state index contributed by atoms with van der Waals surface area (Å²) in [5, 5.41) is 2.50. The summed E-state index contributed by atoms with van der Waals surface area (Å²) in [6, 6.07) is 5.33. The van der Waals surface area contributed by atoms with Gasteiger partial charge in [0.2, 0.25) is 0 Å². The summed E-state index contributed by atoms with van der Waals surface area (Å²) >= 11 is 5.94. The summed E-state index contributed by atoms with van der Waals surface area (Å²) in [5.74, 6) is 0. The lowest BCUT2D eigenvalue weighted by Crippen LogP contribution is -2.26. The molecular formula is C11H15ClN2O2. The summed E-state index contributed by atoms with van der Waals surface area (Å²) in [4.78, 5) is 15.3. The van der Waals surface area contributed by atoms with Crippen molar-refractivity contribution < 1.29 is 9.53 Å². The minimum Gasteiger partial charge on any atom is -0.450 e. The number of aromatic nitrogens is 1. The number of carbonyl (C=O) groups excluding carboxylic acids is 1. The van der Waals surface area contributed by atoms with Crippen LogP contribution in [0.15, 0.2) is 24.4 Å². The summed E-state index contributed by atoms with van der Waals surface area (Å²) < 4.78 is 4.91. The van der Waals surface area contributed by atoms with E-state index in [1.165, 1.54) is 0 Å². The zero-order valence-electron chi connectivity index (χ0n) is 9.15. The number of rotatable bonds is 5. The van der Waals surface area contributed by atoms with Crippen molar-refractivity contribution in [3.05, 3.63) is 30.1 Å². The molecule has 1 N–H and O–H groups in total. The normalized spacial score (nSPS) is 11.9. The van der Waals surface area contributed by atoms with Crippen molar-refractivity contribution in [1.82, 2.24) is 10.3 Å². The molecule has 16 heavy (non-hydrogen) atoms. The SMILES string of the molecule is CCCCOC(=O)NC(Cl)c1ccccn1. The van der Waals surface area contributed by atoms with E-state index in [9.17, 15) is 4.79 Å². The van der Waals surface area contributed by atoms with Gasteiger partial charge in [-0.15, -0.1) is 0 Å². The van der Waals surface area contributed by atoms with E-state index in [2.05, 4.69) is 10.3 Å². The molecule has 1 unspecified atom stereocenters. The zero-order chi connectivity index (χ0) is 11.8. The molecule has 1 atom stereocenters. The lowest BCUT2D eigenvalue weighted by Gasteiger charge is -2.11. The van der Waals surface area contributed by atoms with Crippen LogP contribution in [0.2, 0.25) is 0 Å². The second-order valence-corrected chi connectivity index (χ2v) is 3.69. The maximum Gasteiger partial charge on any atom is 0.408 e. The first kappa shape index (κ1) is 12.8. The molecule has 5 heteroatoms. The van der Waals surface area contributed by atoms with Crippen molar-refractivity contribution in [2.45, 2.75) is 25.3 Å². The minimum absolute atomic E-state index is 0.411. The molecule has 0 bridgehead atoms. The van der Waals surface area contributed by atoms with Crippen LogP contribution in [0.4, 0.5) is 4.79 Å². The van der Waals surface area contributed by atoms with Crippen LogP contribution in [-0.4, -0.2) is 17.7 Å². The molecule has 0 aromatic carbocycles. The topological polar surface area (TPSA) is 51.2 Å². The van der Waals surface area contributed by atoms with Gasteiger partial charge in [-0.1, -0.05) is 31.0 Å². The number of unbranched alkanes of at least 4 members (excludes halogenated alkanes) is 1. The van der Waals surface area contributed by atoms with E-state index in [0.717, 1.165) is 12.8 Å². The highest BCUT2D eigenvalue weighted by molar-refractivity contribution is 6.21. The van der Waals surface area contributed by atoms with Gasteiger partial charge in [-0.2, -0.15) is 0 Å². The van der Waals surface area contributed by atoms with E-state index in [1.807, 2.05) is 13.0 Å². The van der Waals surface area contributed by atoms with Crippen LogP contribution in [-0.2, 0) is 4.74 Å². The Morgan fingerprint density at radius 2 is 2.44 bits per heavy atom. The van der Waals surface area contributed by atoms with Crippen molar-refractivity contribution in [3.8, 4) is 0 Å². The minimum atomic E-state index is -0.657. The van der Waals surface area contributed by atoms with Crippen molar-refractivity contribution in [3.63, 3.8) is 0 Å². The fraction of sp³-hybridized carbons (Fsp3) is 0.455. The molecule has 1 aromatic rings. The van der Waals surface area contributed by atoms with Gasteiger partial charge in [0.1, 0.15) is 5.50 Å². The number of carbonyl (C=O) groups is 1. The number of hydrogen-bond donors (Lipinski definition) is 1. The molecule has 0 spiro atoms. The molecule has 1 rings (SSSR count). The largest absolute Gasteiger partial charge is 0.450 e. The van der Waals surface area contributed by atoms with Gasteiger partial charge >= 0.3 is 6.09 Å². The Labute approximate surface area is 100.0 Å². The Morgan fingerprint density at radius 3 is 3.06 bits per heavy atom. The second kappa shape index (κ2) is 7.06.